The summed E-state index contributed by atoms with van der Waals surface area (Å²) in [5, 5.41) is 4.19. The Morgan fingerprint density at radius 1 is 1.37 bits per heavy atom. The van der Waals surface area contributed by atoms with E-state index >= 15 is 0 Å². The van der Waals surface area contributed by atoms with Crippen LogP contribution in [0.5, 0.6) is 0 Å². The Labute approximate surface area is 183 Å². The zero-order chi connectivity index (χ0) is 18.6. The van der Waals surface area contributed by atoms with Gasteiger partial charge in [0.1, 0.15) is 0 Å². The number of hydrogen-bond donors (Lipinski definition) is 1. The summed E-state index contributed by atoms with van der Waals surface area (Å²) in [5.74, 6) is 0.869. The molecule has 1 aliphatic heterocycles. The molecule has 1 aromatic rings. The van der Waals surface area contributed by atoms with E-state index < -0.39 is 0 Å². The molecule has 0 unspecified atom stereocenters. The van der Waals surface area contributed by atoms with Crippen molar-refractivity contribution in [2.24, 2.45) is 10.9 Å². The third-order valence-corrected chi connectivity index (χ3v) is 5.72. The Kier molecular flexibility index (Phi) is 8.21. The maximum atomic E-state index is 11.7. The lowest BCUT2D eigenvalue weighted by Gasteiger charge is -2.33. The highest BCUT2D eigenvalue weighted by molar-refractivity contribution is 14.0. The Balaban J connectivity index is 0.00000261. The van der Waals surface area contributed by atoms with Crippen LogP contribution in [0.25, 0.3) is 0 Å². The number of nitrogens with zero attached hydrogens (tertiary/aromatic N) is 2. The van der Waals surface area contributed by atoms with Gasteiger partial charge < -0.3 is 15.0 Å². The van der Waals surface area contributed by atoms with E-state index in [1.54, 1.807) is 0 Å². The van der Waals surface area contributed by atoms with Crippen LogP contribution >= 0.6 is 35.6 Å². The molecule has 3 rings (SSSR count). The van der Waals surface area contributed by atoms with Crippen LogP contribution < -0.4 is 5.32 Å². The fraction of sp³-hybridized carbons (Fsp3) is 0.600. The minimum absolute atomic E-state index is 0. The molecule has 0 spiro atoms. The van der Waals surface area contributed by atoms with Gasteiger partial charge in [0.15, 0.2) is 5.96 Å². The lowest BCUT2D eigenvalue weighted by Crippen LogP contribution is -2.47. The fourth-order valence-corrected chi connectivity index (χ4v) is 3.84. The Morgan fingerprint density at radius 2 is 2.07 bits per heavy atom. The Bertz CT molecular complexity index is 671. The van der Waals surface area contributed by atoms with Crippen molar-refractivity contribution in [3.8, 4) is 0 Å². The highest BCUT2D eigenvalue weighted by Crippen LogP contribution is 2.48. The normalized spacial score (nSPS) is 19.2. The van der Waals surface area contributed by atoms with E-state index in [2.05, 4.69) is 29.3 Å². The number of ether oxygens (including phenoxy) is 1. The number of aliphatic imine (C=N–C) groups is 1. The van der Waals surface area contributed by atoms with Crippen LogP contribution in [0.1, 0.15) is 38.2 Å². The van der Waals surface area contributed by atoms with Gasteiger partial charge in [-0.25, -0.2) is 0 Å². The molecule has 0 bridgehead atoms. The first-order valence-electron chi connectivity index (χ1n) is 9.45. The number of piperidine rings is 1. The molecule has 7 heteroatoms. The maximum absolute atomic E-state index is 11.7. The quantitative estimate of drug-likeness (QED) is 0.286. The molecule has 1 aromatic carbocycles. The molecule has 5 nitrogen and oxygen atoms in total. The molecule has 2 fully saturated rings. The third-order valence-electron chi connectivity index (χ3n) is 5.49. The minimum Gasteiger partial charge on any atom is -0.469 e. The number of likely N-dealkylation sites (tertiary alicyclic amines) is 1. The number of carbonyl (C=O) groups is 1. The van der Waals surface area contributed by atoms with Crippen molar-refractivity contribution in [1.29, 1.82) is 0 Å². The van der Waals surface area contributed by atoms with Crippen molar-refractivity contribution in [3.63, 3.8) is 0 Å². The van der Waals surface area contributed by atoms with Gasteiger partial charge in [-0.15, -0.1) is 24.0 Å². The molecular weight excluding hydrogens is 477 g/mol. The van der Waals surface area contributed by atoms with Gasteiger partial charge in [-0.1, -0.05) is 23.7 Å². The number of rotatable bonds is 5. The molecule has 0 radical (unpaired) electrons. The van der Waals surface area contributed by atoms with Gasteiger partial charge in [-0.2, -0.15) is 0 Å². The predicted octanol–water partition coefficient (Wildman–Crippen LogP) is 3.84. The number of halogens is 2. The van der Waals surface area contributed by atoms with E-state index in [0.29, 0.717) is 0 Å². The Morgan fingerprint density at radius 3 is 2.63 bits per heavy atom. The summed E-state index contributed by atoms with van der Waals surface area (Å²) < 4.78 is 4.88. The topological polar surface area (TPSA) is 53.9 Å². The number of guanidine groups is 1. The maximum Gasteiger partial charge on any atom is 0.308 e. The molecule has 1 N–H and O–H groups in total. The van der Waals surface area contributed by atoms with Gasteiger partial charge in [0.25, 0.3) is 0 Å². The third kappa shape index (κ3) is 5.50. The van der Waals surface area contributed by atoms with Crippen molar-refractivity contribution in [1.82, 2.24) is 10.2 Å². The molecule has 1 saturated carbocycles. The first kappa shape index (κ1) is 22.3. The van der Waals surface area contributed by atoms with E-state index in [4.69, 9.17) is 21.3 Å². The molecule has 1 aliphatic carbocycles. The molecule has 27 heavy (non-hydrogen) atoms. The van der Waals surface area contributed by atoms with E-state index in [-0.39, 0.29) is 41.3 Å². The fourth-order valence-electron chi connectivity index (χ4n) is 3.65. The summed E-state index contributed by atoms with van der Waals surface area (Å²) in [6.07, 6.45) is 3.94. The summed E-state index contributed by atoms with van der Waals surface area (Å²) in [4.78, 5) is 18.9. The van der Waals surface area contributed by atoms with Crippen LogP contribution in [-0.4, -0.2) is 50.1 Å². The van der Waals surface area contributed by atoms with Crippen molar-refractivity contribution < 1.29 is 9.53 Å². The van der Waals surface area contributed by atoms with Gasteiger partial charge >= 0.3 is 5.97 Å². The monoisotopic (exact) mass is 505 g/mol. The first-order valence-corrected chi connectivity index (χ1v) is 9.83. The van der Waals surface area contributed by atoms with E-state index in [9.17, 15) is 4.79 Å². The summed E-state index contributed by atoms with van der Waals surface area (Å²) in [5.41, 5.74) is 1.42. The second kappa shape index (κ2) is 9.96. The molecular formula is C20H29ClIN3O2. The summed E-state index contributed by atoms with van der Waals surface area (Å²) in [6.45, 7) is 5.35. The van der Waals surface area contributed by atoms with Crippen LogP contribution in [0.15, 0.2) is 29.3 Å². The smallest absolute Gasteiger partial charge is 0.308 e. The van der Waals surface area contributed by atoms with Gasteiger partial charge in [0.05, 0.1) is 19.6 Å². The van der Waals surface area contributed by atoms with Crippen molar-refractivity contribution in [3.05, 3.63) is 34.9 Å². The summed E-state index contributed by atoms with van der Waals surface area (Å²) in [7, 11) is 1.46. The lowest BCUT2D eigenvalue weighted by atomic mass is 9.96. The number of nitrogens with one attached hydrogen (secondary N) is 1. The molecule has 0 amide bonds. The van der Waals surface area contributed by atoms with Gasteiger partial charge in [-0.3, -0.25) is 9.79 Å². The number of carbonyl (C=O) groups excluding carboxylic acids is 1. The molecule has 1 saturated heterocycles. The molecule has 0 aromatic heterocycles. The zero-order valence-electron chi connectivity index (χ0n) is 16.0. The standard InChI is InChI=1S/C20H28ClN3O2.HI/c1-3-22-19(24-11-7-15(8-12-24)18(25)26-2)23-14-20(9-10-20)16-5-4-6-17(21)13-16;/h4-6,13,15H,3,7-12,14H2,1-2H3,(H,22,23);1H. The van der Waals surface area contributed by atoms with Crippen LogP contribution in [0.4, 0.5) is 0 Å². The van der Waals surface area contributed by atoms with Crippen molar-refractivity contribution in [2.45, 2.75) is 38.0 Å². The minimum atomic E-state index is -0.0931. The number of esters is 1. The van der Waals surface area contributed by atoms with Gasteiger partial charge in [0.2, 0.25) is 0 Å². The molecule has 1 heterocycles. The second-order valence-electron chi connectivity index (χ2n) is 7.25. The van der Waals surface area contributed by atoms with Crippen LogP contribution in [0.3, 0.4) is 0 Å². The Hall–Kier alpha value is -1.02. The van der Waals surface area contributed by atoms with E-state index in [1.807, 2.05) is 12.1 Å². The van der Waals surface area contributed by atoms with Gasteiger partial charge in [-0.05, 0) is 50.3 Å². The highest BCUT2D eigenvalue weighted by Gasteiger charge is 2.44. The number of benzene rings is 1. The largest absolute Gasteiger partial charge is 0.469 e. The van der Waals surface area contributed by atoms with Gasteiger partial charge in [0, 0.05) is 30.1 Å². The first-order chi connectivity index (χ1) is 12.6. The average molecular weight is 506 g/mol. The molecule has 2 aliphatic rings. The molecule has 0 atom stereocenters. The highest BCUT2D eigenvalue weighted by atomic mass is 127. The average Bonchev–Trinajstić information content (AvgIpc) is 3.46. The van der Waals surface area contributed by atoms with Crippen molar-refractivity contribution in [2.75, 3.05) is 33.3 Å². The summed E-state index contributed by atoms with van der Waals surface area (Å²) in [6, 6.07) is 8.16. The zero-order valence-corrected chi connectivity index (χ0v) is 19.1. The van der Waals surface area contributed by atoms with Crippen LogP contribution in [0, 0.1) is 5.92 Å². The summed E-state index contributed by atoms with van der Waals surface area (Å²) >= 11 is 6.17. The van der Waals surface area contributed by atoms with Crippen LogP contribution in [0.2, 0.25) is 5.02 Å². The second-order valence-corrected chi connectivity index (χ2v) is 7.68. The lowest BCUT2D eigenvalue weighted by molar-refractivity contribution is -0.146. The van der Waals surface area contributed by atoms with E-state index in [1.165, 1.54) is 12.7 Å². The molecule has 150 valence electrons. The number of methoxy groups -OCH3 is 1. The SMILES string of the molecule is CCNC(=NCC1(c2cccc(Cl)c2)CC1)N1CCC(C(=O)OC)CC1.I. The van der Waals surface area contributed by atoms with Crippen LogP contribution in [-0.2, 0) is 14.9 Å². The predicted molar refractivity (Wildman–Crippen MR) is 120 cm³/mol. The van der Waals surface area contributed by atoms with Crippen molar-refractivity contribution >= 4 is 47.5 Å². The number of hydrogen-bond acceptors (Lipinski definition) is 3. The van der Waals surface area contributed by atoms with E-state index in [0.717, 1.165) is 62.8 Å².